The first-order valence-corrected chi connectivity index (χ1v) is 11.5. The number of nitrogens with zero attached hydrogens (tertiary/aromatic N) is 2. The molecule has 3 aromatic rings. The van der Waals surface area contributed by atoms with Crippen LogP contribution in [0.5, 0.6) is 0 Å². The van der Waals surface area contributed by atoms with E-state index in [9.17, 15) is 24.5 Å². The number of carbonyl (C=O) groups is 3. The minimum absolute atomic E-state index is 0.0575. The van der Waals surface area contributed by atoms with Crippen molar-refractivity contribution in [2.75, 3.05) is 5.32 Å². The molecule has 1 heterocycles. The first-order chi connectivity index (χ1) is 16.6. The number of non-ortho nitro benzene ring substituents is 1. The van der Waals surface area contributed by atoms with Gasteiger partial charge in [-0.1, -0.05) is 18.2 Å². The molecule has 0 spiro atoms. The number of aryl methyl sites for hydroxylation is 2. The van der Waals surface area contributed by atoms with Crippen molar-refractivity contribution in [3.05, 3.63) is 85.4 Å². The van der Waals surface area contributed by atoms with Gasteiger partial charge in [0.2, 0.25) is 5.91 Å². The molecule has 1 aromatic heterocycles. The van der Waals surface area contributed by atoms with Gasteiger partial charge in [0.1, 0.15) is 17.7 Å². The number of carbonyl (C=O) groups excluding carboxylic acids is 3. The number of hydrogen-bond donors (Lipinski definition) is 2. The fourth-order valence-electron chi connectivity index (χ4n) is 3.07. The summed E-state index contributed by atoms with van der Waals surface area (Å²) < 4.78 is 5.21. The molecular formula is C24H24N4O6S. The summed E-state index contributed by atoms with van der Waals surface area (Å²) in [5.74, 6) is -1.52. The zero-order valence-corrected chi connectivity index (χ0v) is 20.2. The van der Waals surface area contributed by atoms with E-state index < -0.39 is 22.8 Å². The molecule has 0 bridgehead atoms. The second-order valence-electron chi connectivity index (χ2n) is 7.89. The highest BCUT2D eigenvalue weighted by molar-refractivity contribution is 7.09. The zero-order chi connectivity index (χ0) is 25.5. The molecule has 3 rings (SSSR count). The molecule has 2 aromatic carbocycles. The summed E-state index contributed by atoms with van der Waals surface area (Å²) in [6, 6.07) is 10.0. The summed E-state index contributed by atoms with van der Waals surface area (Å²) in [5.41, 5.74) is 3.07. The fraction of sp³-hybridized carbons (Fsp3) is 0.250. The number of benzene rings is 2. The van der Waals surface area contributed by atoms with Crippen molar-refractivity contribution in [3.63, 3.8) is 0 Å². The van der Waals surface area contributed by atoms with Gasteiger partial charge in [0.15, 0.2) is 0 Å². The molecule has 182 valence electrons. The van der Waals surface area contributed by atoms with Gasteiger partial charge in [0, 0.05) is 28.8 Å². The van der Waals surface area contributed by atoms with Crippen LogP contribution in [0.1, 0.15) is 39.1 Å². The molecule has 35 heavy (non-hydrogen) atoms. The third-order valence-corrected chi connectivity index (χ3v) is 5.86. The quantitative estimate of drug-likeness (QED) is 0.261. The van der Waals surface area contributed by atoms with E-state index in [2.05, 4.69) is 15.6 Å². The van der Waals surface area contributed by atoms with E-state index in [-0.39, 0.29) is 30.2 Å². The molecule has 2 amide bonds. The molecule has 0 fully saturated rings. The number of hydrogen-bond acceptors (Lipinski definition) is 8. The number of esters is 1. The summed E-state index contributed by atoms with van der Waals surface area (Å²) in [4.78, 5) is 51.5. The summed E-state index contributed by atoms with van der Waals surface area (Å²) in [7, 11) is 0. The number of aromatic nitrogens is 1. The molecule has 0 radical (unpaired) electrons. The molecule has 1 atom stereocenters. The van der Waals surface area contributed by atoms with Crippen LogP contribution in [0.2, 0.25) is 0 Å². The molecule has 11 heteroatoms. The van der Waals surface area contributed by atoms with Gasteiger partial charge in [-0.15, -0.1) is 11.3 Å². The maximum atomic E-state index is 12.4. The number of amides is 2. The van der Waals surface area contributed by atoms with E-state index in [0.29, 0.717) is 10.7 Å². The third-order valence-electron chi connectivity index (χ3n) is 4.96. The van der Waals surface area contributed by atoms with E-state index in [0.717, 1.165) is 22.9 Å². The Kier molecular flexibility index (Phi) is 8.26. The van der Waals surface area contributed by atoms with Crippen LogP contribution in [-0.4, -0.2) is 33.7 Å². The van der Waals surface area contributed by atoms with Crippen molar-refractivity contribution in [1.82, 2.24) is 10.3 Å². The van der Waals surface area contributed by atoms with Gasteiger partial charge in [-0.25, -0.2) is 9.78 Å². The normalized spacial score (nSPS) is 11.4. The van der Waals surface area contributed by atoms with Crippen LogP contribution in [-0.2, 0) is 27.4 Å². The second kappa shape index (κ2) is 11.3. The van der Waals surface area contributed by atoms with E-state index in [1.165, 1.54) is 36.5 Å². The van der Waals surface area contributed by atoms with E-state index in [1.54, 1.807) is 5.38 Å². The topological polar surface area (TPSA) is 141 Å². The SMILES string of the molecule is Cc1ccc(C)c(NC(=O)Cc2nc(COC(=O)[C@H](C)NC(=O)c3cccc([N+](=O)[O-])c3)cs2)c1. The van der Waals surface area contributed by atoms with Crippen LogP contribution < -0.4 is 10.6 Å². The molecular weight excluding hydrogens is 472 g/mol. The first-order valence-electron chi connectivity index (χ1n) is 10.6. The van der Waals surface area contributed by atoms with Gasteiger partial charge in [0.05, 0.1) is 17.0 Å². The fourth-order valence-corrected chi connectivity index (χ4v) is 3.85. The van der Waals surface area contributed by atoms with Gasteiger partial charge in [-0.2, -0.15) is 0 Å². The number of nitro groups is 1. The number of rotatable bonds is 9. The third kappa shape index (κ3) is 7.18. The number of nitro benzene ring substituents is 1. The number of nitrogens with one attached hydrogen (secondary N) is 2. The highest BCUT2D eigenvalue weighted by Gasteiger charge is 2.20. The average molecular weight is 497 g/mol. The lowest BCUT2D eigenvalue weighted by Crippen LogP contribution is -2.39. The van der Waals surface area contributed by atoms with Crippen LogP contribution in [0.25, 0.3) is 0 Å². The molecule has 2 N–H and O–H groups in total. The van der Waals surface area contributed by atoms with Crippen LogP contribution in [0.3, 0.4) is 0 Å². The van der Waals surface area contributed by atoms with Gasteiger partial charge >= 0.3 is 5.97 Å². The van der Waals surface area contributed by atoms with Crippen LogP contribution >= 0.6 is 11.3 Å². The summed E-state index contributed by atoms with van der Waals surface area (Å²) in [6.07, 6.45) is 0.0850. The van der Waals surface area contributed by atoms with Gasteiger partial charge in [-0.05, 0) is 44.0 Å². The van der Waals surface area contributed by atoms with E-state index in [4.69, 9.17) is 4.74 Å². The first kappa shape index (κ1) is 25.5. The minimum atomic E-state index is -0.983. The molecule has 0 aliphatic carbocycles. The number of thiazole rings is 1. The van der Waals surface area contributed by atoms with E-state index >= 15 is 0 Å². The van der Waals surface area contributed by atoms with Gasteiger partial charge in [-0.3, -0.25) is 19.7 Å². The molecule has 10 nitrogen and oxygen atoms in total. The Morgan fingerprint density at radius 3 is 2.69 bits per heavy atom. The van der Waals surface area contributed by atoms with Crippen molar-refractivity contribution < 1.29 is 24.0 Å². The van der Waals surface area contributed by atoms with E-state index in [1.807, 2.05) is 32.0 Å². The molecule has 0 unspecified atom stereocenters. The van der Waals surface area contributed by atoms with Crippen molar-refractivity contribution in [1.29, 1.82) is 0 Å². The second-order valence-corrected chi connectivity index (χ2v) is 8.83. The predicted octanol–water partition coefficient (Wildman–Crippen LogP) is 3.71. The minimum Gasteiger partial charge on any atom is -0.458 e. The Bertz CT molecular complexity index is 1270. The zero-order valence-electron chi connectivity index (χ0n) is 19.4. The van der Waals surface area contributed by atoms with Crippen molar-refractivity contribution >= 4 is 40.5 Å². The number of anilines is 1. The summed E-state index contributed by atoms with van der Waals surface area (Å²) in [6.45, 7) is 5.19. The molecule has 0 saturated heterocycles. The highest BCUT2D eigenvalue weighted by atomic mass is 32.1. The Labute approximate surface area is 205 Å². The Balaban J connectivity index is 1.49. The Morgan fingerprint density at radius 2 is 1.94 bits per heavy atom. The standard InChI is InChI=1S/C24H24N4O6S/c1-14-7-8-15(2)20(9-14)27-21(29)11-22-26-18(13-35-22)12-34-24(31)16(3)25-23(30)17-5-4-6-19(10-17)28(32)33/h4-10,13,16H,11-12H2,1-3H3,(H,25,30)(H,27,29)/t16-/m0/s1. The maximum absolute atomic E-state index is 12.4. The van der Waals surface area contributed by atoms with Crippen LogP contribution in [0, 0.1) is 24.0 Å². The van der Waals surface area contributed by atoms with Crippen LogP contribution in [0.4, 0.5) is 11.4 Å². The maximum Gasteiger partial charge on any atom is 0.328 e. The number of ether oxygens (including phenoxy) is 1. The lowest BCUT2D eigenvalue weighted by atomic mass is 10.1. The van der Waals surface area contributed by atoms with Gasteiger partial charge < -0.3 is 15.4 Å². The summed E-state index contributed by atoms with van der Waals surface area (Å²) >= 11 is 1.28. The van der Waals surface area contributed by atoms with Crippen molar-refractivity contribution in [2.24, 2.45) is 0 Å². The highest BCUT2D eigenvalue weighted by Crippen LogP contribution is 2.18. The lowest BCUT2D eigenvalue weighted by molar-refractivity contribution is -0.384. The Morgan fingerprint density at radius 1 is 1.17 bits per heavy atom. The molecule has 0 aliphatic heterocycles. The monoisotopic (exact) mass is 496 g/mol. The molecule has 0 saturated carbocycles. The molecule has 0 aliphatic rings. The summed E-state index contributed by atoms with van der Waals surface area (Å²) in [5, 5.41) is 18.5. The largest absolute Gasteiger partial charge is 0.458 e. The van der Waals surface area contributed by atoms with Crippen molar-refractivity contribution in [3.8, 4) is 0 Å². The lowest BCUT2D eigenvalue weighted by Gasteiger charge is -2.13. The van der Waals surface area contributed by atoms with Gasteiger partial charge in [0.25, 0.3) is 11.6 Å². The average Bonchev–Trinajstić information content (AvgIpc) is 3.26. The predicted molar refractivity (Wildman–Crippen MR) is 130 cm³/mol. The van der Waals surface area contributed by atoms with Crippen LogP contribution in [0.15, 0.2) is 47.8 Å². The smallest absolute Gasteiger partial charge is 0.328 e. The van der Waals surface area contributed by atoms with Crippen molar-refractivity contribution in [2.45, 2.75) is 39.8 Å². The Hall–Kier alpha value is -4.12.